The lowest BCUT2D eigenvalue weighted by Crippen LogP contribution is -2.20. The molecule has 0 unspecified atom stereocenters. The summed E-state index contributed by atoms with van der Waals surface area (Å²) in [7, 11) is 2.07. The van der Waals surface area contributed by atoms with Gasteiger partial charge in [0.25, 0.3) is 0 Å². The molecular formula is C18H23N3O2S. The predicted octanol–water partition coefficient (Wildman–Crippen LogP) is 3.28. The largest absolute Gasteiger partial charge is 0.378 e. The molecule has 0 radical (unpaired) electrons. The van der Waals surface area contributed by atoms with Crippen LogP contribution in [0.5, 0.6) is 0 Å². The highest BCUT2D eigenvalue weighted by Gasteiger charge is 2.19. The van der Waals surface area contributed by atoms with Crippen molar-refractivity contribution in [2.75, 3.05) is 19.0 Å². The summed E-state index contributed by atoms with van der Waals surface area (Å²) >= 11 is 1.61. The highest BCUT2D eigenvalue weighted by molar-refractivity contribution is 7.07. The number of aromatic nitrogens is 1. The molecule has 1 amide bonds. The molecule has 0 saturated carbocycles. The van der Waals surface area contributed by atoms with Gasteiger partial charge in [0, 0.05) is 30.8 Å². The van der Waals surface area contributed by atoms with E-state index < -0.39 is 0 Å². The zero-order valence-electron chi connectivity index (χ0n) is 13.9. The van der Waals surface area contributed by atoms with E-state index in [0.717, 1.165) is 43.9 Å². The monoisotopic (exact) mass is 345 g/mol. The summed E-state index contributed by atoms with van der Waals surface area (Å²) in [6.45, 7) is 2.41. The summed E-state index contributed by atoms with van der Waals surface area (Å²) in [5, 5.41) is 5.05. The van der Waals surface area contributed by atoms with Crippen molar-refractivity contribution in [3.05, 3.63) is 46.4 Å². The van der Waals surface area contributed by atoms with Crippen LogP contribution in [-0.4, -0.2) is 35.5 Å². The smallest absolute Gasteiger partial charge is 0.226 e. The third kappa shape index (κ3) is 5.12. The zero-order chi connectivity index (χ0) is 16.8. The molecule has 24 heavy (non-hydrogen) atoms. The Hall–Kier alpha value is -1.76. The summed E-state index contributed by atoms with van der Waals surface area (Å²) in [4.78, 5) is 18.6. The Labute approximate surface area is 146 Å². The Morgan fingerprint density at radius 2 is 2.38 bits per heavy atom. The van der Waals surface area contributed by atoms with Gasteiger partial charge < -0.3 is 10.1 Å². The molecule has 0 bridgehead atoms. The Morgan fingerprint density at radius 1 is 1.46 bits per heavy atom. The van der Waals surface area contributed by atoms with E-state index in [-0.39, 0.29) is 12.0 Å². The maximum Gasteiger partial charge on any atom is 0.226 e. The maximum absolute atomic E-state index is 12.1. The average Bonchev–Trinajstić information content (AvgIpc) is 3.21. The van der Waals surface area contributed by atoms with Crippen molar-refractivity contribution in [3.63, 3.8) is 0 Å². The second-order valence-corrected chi connectivity index (χ2v) is 6.96. The van der Waals surface area contributed by atoms with E-state index in [1.54, 1.807) is 11.3 Å². The summed E-state index contributed by atoms with van der Waals surface area (Å²) in [6, 6.07) is 8.02. The summed E-state index contributed by atoms with van der Waals surface area (Å²) < 4.78 is 5.52. The SMILES string of the molecule is CN(Cc1cccc(NC(=O)C[C@H]2CCCO2)c1)Cc1cscn1. The Balaban J connectivity index is 1.52. The molecule has 2 heterocycles. The lowest BCUT2D eigenvalue weighted by molar-refractivity contribution is -0.118. The summed E-state index contributed by atoms with van der Waals surface area (Å²) in [5.74, 6) is 0.0230. The molecule has 1 aromatic carbocycles. The molecule has 0 aliphatic carbocycles. The van der Waals surface area contributed by atoms with Crippen molar-refractivity contribution in [1.29, 1.82) is 0 Å². The standard InChI is InChI=1S/C18H23N3O2S/c1-21(11-16-12-24-13-19-16)10-14-4-2-5-15(8-14)20-18(22)9-17-6-3-7-23-17/h2,4-5,8,12-13,17H,3,6-7,9-11H2,1H3,(H,20,22)/t17-/m1/s1. The van der Waals surface area contributed by atoms with Gasteiger partial charge in [0.15, 0.2) is 0 Å². The highest BCUT2D eigenvalue weighted by atomic mass is 32.1. The lowest BCUT2D eigenvalue weighted by atomic mass is 10.1. The van der Waals surface area contributed by atoms with E-state index in [2.05, 4.69) is 33.7 Å². The van der Waals surface area contributed by atoms with E-state index in [1.807, 2.05) is 23.7 Å². The molecule has 128 valence electrons. The van der Waals surface area contributed by atoms with Crippen molar-refractivity contribution in [3.8, 4) is 0 Å². The number of carbonyl (C=O) groups is 1. The summed E-state index contributed by atoms with van der Waals surface area (Å²) in [6.07, 6.45) is 2.55. The molecule has 1 saturated heterocycles. The second-order valence-electron chi connectivity index (χ2n) is 6.24. The molecule has 1 atom stereocenters. The Bertz CT molecular complexity index is 654. The number of thiazole rings is 1. The van der Waals surface area contributed by atoms with E-state index in [0.29, 0.717) is 6.42 Å². The third-order valence-electron chi connectivity index (χ3n) is 4.02. The van der Waals surface area contributed by atoms with Gasteiger partial charge in [-0.25, -0.2) is 4.98 Å². The number of hydrogen-bond acceptors (Lipinski definition) is 5. The third-order valence-corrected chi connectivity index (χ3v) is 4.65. The van der Waals surface area contributed by atoms with Gasteiger partial charge in [-0.05, 0) is 37.6 Å². The fourth-order valence-electron chi connectivity index (χ4n) is 2.93. The Morgan fingerprint density at radius 3 is 3.12 bits per heavy atom. The van der Waals surface area contributed by atoms with Crippen molar-refractivity contribution >= 4 is 22.9 Å². The van der Waals surface area contributed by atoms with Crippen LogP contribution in [0.25, 0.3) is 0 Å². The second kappa shape index (κ2) is 8.37. The van der Waals surface area contributed by atoms with Gasteiger partial charge in [0.1, 0.15) is 0 Å². The van der Waals surface area contributed by atoms with Gasteiger partial charge in [-0.2, -0.15) is 0 Å². The van der Waals surface area contributed by atoms with Crippen LogP contribution in [-0.2, 0) is 22.6 Å². The van der Waals surface area contributed by atoms with E-state index in [4.69, 9.17) is 4.74 Å². The number of hydrogen-bond donors (Lipinski definition) is 1. The molecular weight excluding hydrogens is 322 g/mol. The van der Waals surface area contributed by atoms with Crippen LogP contribution in [0.15, 0.2) is 35.2 Å². The number of amides is 1. The zero-order valence-corrected chi connectivity index (χ0v) is 14.7. The van der Waals surface area contributed by atoms with Crippen molar-refractivity contribution in [1.82, 2.24) is 9.88 Å². The molecule has 0 spiro atoms. The first-order valence-corrected chi connectivity index (χ1v) is 9.19. The molecule has 1 N–H and O–H groups in total. The highest BCUT2D eigenvalue weighted by Crippen LogP contribution is 2.18. The molecule has 5 nitrogen and oxygen atoms in total. The molecule has 1 aromatic heterocycles. The van der Waals surface area contributed by atoms with Crippen LogP contribution < -0.4 is 5.32 Å². The Kier molecular flexibility index (Phi) is 5.96. The van der Waals surface area contributed by atoms with Crippen molar-refractivity contribution in [2.45, 2.75) is 38.5 Å². The minimum Gasteiger partial charge on any atom is -0.378 e. The number of ether oxygens (including phenoxy) is 1. The number of nitrogens with zero attached hydrogens (tertiary/aromatic N) is 2. The fourth-order valence-corrected chi connectivity index (χ4v) is 3.48. The van der Waals surface area contributed by atoms with E-state index in [1.165, 1.54) is 5.56 Å². The lowest BCUT2D eigenvalue weighted by Gasteiger charge is -2.16. The van der Waals surface area contributed by atoms with Crippen LogP contribution in [0.3, 0.4) is 0 Å². The molecule has 1 aliphatic rings. The molecule has 6 heteroatoms. The van der Waals surface area contributed by atoms with Crippen LogP contribution in [0.4, 0.5) is 5.69 Å². The predicted molar refractivity (Wildman–Crippen MR) is 95.9 cm³/mol. The van der Waals surface area contributed by atoms with Gasteiger partial charge in [-0.15, -0.1) is 11.3 Å². The van der Waals surface area contributed by atoms with Gasteiger partial charge in [0.2, 0.25) is 5.91 Å². The number of rotatable bonds is 7. The van der Waals surface area contributed by atoms with Crippen LogP contribution in [0, 0.1) is 0 Å². The molecule has 2 aromatic rings. The summed E-state index contributed by atoms with van der Waals surface area (Å²) in [5.41, 5.74) is 4.96. The first-order chi connectivity index (χ1) is 11.7. The molecule has 1 fully saturated rings. The number of benzene rings is 1. The minimum atomic E-state index is 0.0230. The van der Waals surface area contributed by atoms with Gasteiger partial charge >= 0.3 is 0 Å². The van der Waals surface area contributed by atoms with Gasteiger partial charge in [-0.3, -0.25) is 9.69 Å². The minimum absolute atomic E-state index is 0.0230. The van der Waals surface area contributed by atoms with Crippen LogP contribution >= 0.6 is 11.3 Å². The first-order valence-electron chi connectivity index (χ1n) is 8.25. The van der Waals surface area contributed by atoms with Crippen LogP contribution in [0.2, 0.25) is 0 Å². The fraction of sp³-hybridized carbons (Fsp3) is 0.444. The van der Waals surface area contributed by atoms with Gasteiger partial charge in [0.05, 0.1) is 23.7 Å². The number of nitrogens with one attached hydrogen (secondary N) is 1. The van der Waals surface area contributed by atoms with Crippen molar-refractivity contribution in [2.24, 2.45) is 0 Å². The topological polar surface area (TPSA) is 54.5 Å². The normalized spacial score (nSPS) is 17.3. The quantitative estimate of drug-likeness (QED) is 0.837. The van der Waals surface area contributed by atoms with E-state index >= 15 is 0 Å². The van der Waals surface area contributed by atoms with Gasteiger partial charge in [-0.1, -0.05) is 12.1 Å². The molecule has 3 rings (SSSR count). The maximum atomic E-state index is 12.1. The van der Waals surface area contributed by atoms with Crippen molar-refractivity contribution < 1.29 is 9.53 Å². The number of carbonyl (C=O) groups excluding carboxylic acids is 1. The average molecular weight is 345 g/mol. The van der Waals surface area contributed by atoms with Crippen LogP contribution in [0.1, 0.15) is 30.5 Å². The first kappa shape index (κ1) is 17.1. The molecule has 1 aliphatic heterocycles. The van der Waals surface area contributed by atoms with E-state index in [9.17, 15) is 4.79 Å². The number of anilines is 1.